The Labute approximate surface area is 249 Å². The van der Waals surface area contributed by atoms with Crippen molar-refractivity contribution < 1.29 is 23.8 Å². The van der Waals surface area contributed by atoms with E-state index >= 15 is 0 Å². The fraction of sp³-hybridized carbons (Fsp3) is 0.971. The molecule has 5 heterocycles. The standard InChI is InChI=1S/C35H57NO5/c1-17-9-11-24-21(5)32-27(36-41-35(6,7)8)16-29-20(4)26-15-25(28-14-13-22(17)30(24)34(38-28)40-32)19(3)23-12-10-18(2)37-33(39-29)31(23)26/h17-26,28-34H,9-16H2,1-8H3/b36-27-/t17-,18+,19+,20-,21-,22+,23+,24+,25?,26+,28-,29-,30?,31?,32+,33+,34+/m1/s1. The van der Waals surface area contributed by atoms with Gasteiger partial charge in [-0.2, -0.15) is 0 Å². The van der Waals surface area contributed by atoms with Crippen molar-refractivity contribution in [2.75, 3.05) is 0 Å². The average molecular weight is 572 g/mol. The van der Waals surface area contributed by atoms with Crippen molar-refractivity contribution in [3.63, 3.8) is 0 Å². The van der Waals surface area contributed by atoms with Crippen molar-refractivity contribution in [1.82, 2.24) is 0 Å². The summed E-state index contributed by atoms with van der Waals surface area (Å²) in [7, 11) is 0. The van der Waals surface area contributed by atoms with Crippen molar-refractivity contribution >= 4 is 5.71 Å². The van der Waals surface area contributed by atoms with Gasteiger partial charge in [0.05, 0.1) is 24.0 Å². The van der Waals surface area contributed by atoms with Gasteiger partial charge in [-0.05, 0) is 119 Å². The Morgan fingerprint density at radius 2 is 1.29 bits per heavy atom. The summed E-state index contributed by atoms with van der Waals surface area (Å²) in [6.07, 6.45) is 9.52. The van der Waals surface area contributed by atoms with Gasteiger partial charge in [-0.1, -0.05) is 39.3 Å². The molecule has 0 N–H and O–H groups in total. The number of rotatable bonds is 1. The molecule has 7 aliphatic rings. The lowest BCUT2D eigenvalue weighted by atomic mass is 9.55. The highest BCUT2D eigenvalue weighted by molar-refractivity contribution is 5.89. The Kier molecular flexibility index (Phi) is 7.60. The molecule has 0 spiro atoms. The predicted molar refractivity (Wildman–Crippen MR) is 159 cm³/mol. The zero-order valence-corrected chi connectivity index (χ0v) is 27.0. The molecular formula is C35H57NO5. The van der Waals surface area contributed by atoms with Crippen molar-refractivity contribution in [2.24, 2.45) is 70.3 Å². The van der Waals surface area contributed by atoms with Crippen LogP contribution in [0.2, 0.25) is 0 Å². The van der Waals surface area contributed by atoms with E-state index in [2.05, 4.69) is 55.4 Å². The van der Waals surface area contributed by atoms with E-state index in [9.17, 15) is 0 Å². The van der Waals surface area contributed by atoms with E-state index in [0.29, 0.717) is 59.2 Å². The minimum Gasteiger partial charge on any atom is -0.390 e. The summed E-state index contributed by atoms with van der Waals surface area (Å²) < 4.78 is 28.3. The molecule has 17 atom stereocenters. The summed E-state index contributed by atoms with van der Waals surface area (Å²) in [5.74, 6) is 6.17. The summed E-state index contributed by atoms with van der Waals surface area (Å²) in [5.41, 5.74) is 0.649. The van der Waals surface area contributed by atoms with Crippen LogP contribution in [0.1, 0.15) is 107 Å². The first-order valence-corrected chi connectivity index (χ1v) is 17.4. The van der Waals surface area contributed by atoms with E-state index in [0.717, 1.165) is 24.5 Å². The molecule has 6 heteroatoms. The minimum absolute atomic E-state index is 0.0543. The zero-order valence-electron chi connectivity index (χ0n) is 27.0. The number of fused-ring (bicyclic) bond motifs is 5. The predicted octanol–water partition coefficient (Wildman–Crippen LogP) is 7.44. The summed E-state index contributed by atoms with van der Waals surface area (Å²) in [4.78, 5) is 6.18. The second-order valence-electron chi connectivity index (χ2n) is 16.6. The van der Waals surface area contributed by atoms with Gasteiger partial charge in [-0.25, -0.2) is 0 Å². The third-order valence-electron chi connectivity index (χ3n) is 13.2. The Morgan fingerprint density at radius 3 is 2.07 bits per heavy atom. The molecule has 3 unspecified atom stereocenters. The molecule has 7 rings (SSSR count). The molecule has 0 aromatic carbocycles. The van der Waals surface area contributed by atoms with Crippen LogP contribution in [0.25, 0.3) is 0 Å². The van der Waals surface area contributed by atoms with Gasteiger partial charge < -0.3 is 23.8 Å². The second kappa shape index (κ2) is 10.7. The lowest BCUT2D eigenvalue weighted by Crippen LogP contribution is -2.59. The normalized spacial score (nSPS) is 55.9. The lowest BCUT2D eigenvalue weighted by Gasteiger charge is -2.57. The first-order valence-electron chi connectivity index (χ1n) is 17.4. The lowest BCUT2D eigenvalue weighted by molar-refractivity contribution is -0.298. The van der Waals surface area contributed by atoms with E-state index in [-0.39, 0.29) is 42.6 Å². The largest absolute Gasteiger partial charge is 0.390 e. The Balaban J connectivity index is 1.34. The zero-order chi connectivity index (χ0) is 28.8. The van der Waals surface area contributed by atoms with Crippen LogP contribution < -0.4 is 0 Å². The van der Waals surface area contributed by atoms with Crippen molar-refractivity contribution in [2.45, 2.75) is 149 Å². The highest BCUT2D eigenvalue weighted by atomic mass is 16.7. The Bertz CT molecular complexity index is 994. The molecule has 5 saturated heterocycles. The molecule has 41 heavy (non-hydrogen) atoms. The van der Waals surface area contributed by atoms with Gasteiger partial charge in [0.15, 0.2) is 12.6 Å². The van der Waals surface area contributed by atoms with Crippen LogP contribution in [0.15, 0.2) is 5.16 Å². The quantitative estimate of drug-likeness (QED) is 0.306. The number of ether oxygens (including phenoxy) is 4. The molecule has 6 nitrogen and oxygen atoms in total. The molecule has 6 bridgehead atoms. The summed E-state index contributed by atoms with van der Waals surface area (Å²) in [6.45, 7) is 18.4. The van der Waals surface area contributed by atoms with Crippen LogP contribution in [0.4, 0.5) is 0 Å². The van der Waals surface area contributed by atoms with Gasteiger partial charge in [0, 0.05) is 18.3 Å². The van der Waals surface area contributed by atoms with Gasteiger partial charge >= 0.3 is 0 Å². The van der Waals surface area contributed by atoms with Crippen molar-refractivity contribution in [3.8, 4) is 0 Å². The van der Waals surface area contributed by atoms with Gasteiger partial charge in [0.2, 0.25) is 0 Å². The number of hydrogen-bond donors (Lipinski definition) is 0. The molecule has 0 aromatic rings. The number of oxime groups is 1. The van der Waals surface area contributed by atoms with Crippen molar-refractivity contribution in [3.05, 3.63) is 0 Å². The fourth-order valence-corrected chi connectivity index (χ4v) is 11.0. The van der Waals surface area contributed by atoms with Crippen LogP contribution in [0.5, 0.6) is 0 Å². The van der Waals surface area contributed by atoms with Crippen LogP contribution in [-0.2, 0) is 23.8 Å². The third-order valence-corrected chi connectivity index (χ3v) is 13.2. The first kappa shape index (κ1) is 29.0. The molecule has 0 radical (unpaired) electrons. The Hall–Kier alpha value is -0.690. The smallest absolute Gasteiger partial charge is 0.162 e. The molecule has 7 fully saturated rings. The van der Waals surface area contributed by atoms with Gasteiger partial charge in [-0.3, -0.25) is 0 Å². The molecule has 232 valence electrons. The van der Waals surface area contributed by atoms with Crippen LogP contribution in [-0.4, -0.2) is 48.3 Å². The SMILES string of the molecule is C[C@@H]1[C@@H]2CC3[C@@H](C)[C@@H]4CC[C@H](C)O[C@@H](O[C@@H]1C/C(=N/OC(C)(C)C)[C@H]1O[C@@H]5O[C@@H]3CC[C@@H]3C5[C@@H](CC[C@H]3C)[C@H]1C)C24. The monoisotopic (exact) mass is 571 g/mol. The molecular weight excluding hydrogens is 514 g/mol. The first-order chi connectivity index (χ1) is 19.5. The van der Waals surface area contributed by atoms with E-state index in [1.165, 1.54) is 38.5 Å². The van der Waals surface area contributed by atoms with Crippen LogP contribution in [0.3, 0.4) is 0 Å². The molecule has 0 aromatic heterocycles. The van der Waals surface area contributed by atoms with E-state index < -0.39 is 0 Å². The van der Waals surface area contributed by atoms with Gasteiger partial charge in [-0.15, -0.1) is 0 Å². The number of nitrogens with zero attached hydrogens (tertiary/aromatic N) is 1. The van der Waals surface area contributed by atoms with E-state index in [1.807, 2.05) is 0 Å². The summed E-state index contributed by atoms with van der Waals surface area (Å²) in [6, 6.07) is 0. The molecule has 2 aliphatic carbocycles. The average Bonchev–Trinajstić information content (AvgIpc) is 3.21. The van der Waals surface area contributed by atoms with E-state index in [1.54, 1.807) is 0 Å². The topological polar surface area (TPSA) is 58.5 Å². The third kappa shape index (κ3) is 5.03. The highest BCUT2D eigenvalue weighted by Gasteiger charge is 2.59. The molecule has 2 saturated carbocycles. The summed E-state index contributed by atoms with van der Waals surface area (Å²) in [5, 5.41) is 4.93. The Morgan fingerprint density at radius 1 is 0.634 bits per heavy atom. The maximum atomic E-state index is 7.33. The van der Waals surface area contributed by atoms with Gasteiger partial charge in [0.1, 0.15) is 11.7 Å². The number of hydrogen-bond acceptors (Lipinski definition) is 6. The fourth-order valence-electron chi connectivity index (χ4n) is 11.0. The maximum Gasteiger partial charge on any atom is 0.162 e. The molecule has 0 amide bonds. The maximum absolute atomic E-state index is 7.33. The van der Waals surface area contributed by atoms with Gasteiger partial charge in [0.25, 0.3) is 0 Å². The molecule has 5 aliphatic heterocycles. The minimum atomic E-state index is -0.365. The van der Waals surface area contributed by atoms with E-state index in [4.69, 9.17) is 28.9 Å². The summed E-state index contributed by atoms with van der Waals surface area (Å²) >= 11 is 0. The second-order valence-corrected chi connectivity index (χ2v) is 16.6. The highest BCUT2D eigenvalue weighted by Crippen LogP contribution is 2.59. The van der Waals surface area contributed by atoms with Crippen LogP contribution >= 0.6 is 0 Å². The van der Waals surface area contributed by atoms with Crippen LogP contribution in [0, 0.1) is 65.1 Å². The van der Waals surface area contributed by atoms with Crippen molar-refractivity contribution in [1.29, 1.82) is 0 Å².